The Morgan fingerprint density at radius 3 is 2.14 bits per heavy atom. The van der Waals surface area contributed by atoms with E-state index >= 15 is 0 Å². The van der Waals surface area contributed by atoms with Crippen LogP contribution < -0.4 is 5.32 Å². The van der Waals surface area contributed by atoms with Crippen LogP contribution >= 0.6 is 0 Å². The van der Waals surface area contributed by atoms with Crippen LogP contribution in [-0.4, -0.2) is 6.04 Å². The summed E-state index contributed by atoms with van der Waals surface area (Å²) in [5, 5.41) is 3.74. The Labute approximate surface area is 125 Å². The molecule has 1 nitrogen and oxygen atoms in total. The van der Waals surface area contributed by atoms with Crippen LogP contribution in [0, 0.1) is 35.3 Å². The van der Waals surface area contributed by atoms with E-state index in [1.54, 1.807) is 6.07 Å². The Morgan fingerprint density at radius 1 is 0.952 bits per heavy atom. The van der Waals surface area contributed by atoms with Gasteiger partial charge in [0, 0.05) is 12.1 Å². The molecule has 4 bridgehead atoms. The zero-order valence-corrected chi connectivity index (χ0v) is 12.5. The molecule has 0 radical (unpaired) electrons. The van der Waals surface area contributed by atoms with Crippen molar-refractivity contribution < 1.29 is 8.78 Å². The summed E-state index contributed by atoms with van der Waals surface area (Å²) in [4.78, 5) is 0. The Hall–Kier alpha value is -0.960. The van der Waals surface area contributed by atoms with Crippen molar-refractivity contribution in [3.63, 3.8) is 0 Å². The van der Waals surface area contributed by atoms with E-state index in [9.17, 15) is 8.78 Å². The highest BCUT2D eigenvalue weighted by Gasteiger charge is 2.48. The summed E-state index contributed by atoms with van der Waals surface area (Å²) < 4.78 is 26.5. The van der Waals surface area contributed by atoms with Gasteiger partial charge in [-0.15, -0.1) is 0 Å². The fraction of sp³-hybridized carbons (Fsp3) is 0.667. The van der Waals surface area contributed by atoms with Crippen LogP contribution in [0.2, 0.25) is 0 Å². The largest absolute Gasteiger partial charge is 0.307 e. The molecular weight excluding hydrogens is 268 g/mol. The van der Waals surface area contributed by atoms with Crippen molar-refractivity contribution >= 4 is 0 Å². The maximum Gasteiger partial charge on any atom is 0.159 e. The zero-order valence-electron chi connectivity index (χ0n) is 12.5. The van der Waals surface area contributed by atoms with Gasteiger partial charge in [0.25, 0.3) is 0 Å². The molecule has 4 fully saturated rings. The standard InChI is InChI=1S/C18H23F2N/c1-10(13-2-3-16(19)17(20)9-13)21-18-14-5-11-4-12(7-14)8-15(18)6-11/h2-3,9-12,14-15,18,21H,4-8H2,1H3. The normalized spacial score (nSPS) is 38.7. The summed E-state index contributed by atoms with van der Waals surface area (Å²) in [6.07, 6.45) is 6.94. The zero-order chi connectivity index (χ0) is 14.6. The average molecular weight is 291 g/mol. The Morgan fingerprint density at radius 2 is 1.57 bits per heavy atom. The molecule has 1 unspecified atom stereocenters. The van der Waals surface area contributed by atoms with Crippen LogP contribution in [-0.2, 0) is 0 Å². The van der Waals surface area contributed by atoms with Crippen LogP contribution in [0.3, 0.4) is 0 Å². The maximum absolute atomic E-state index is 13.4. The quantitative estimate of drug-likeness (QED) is 0.868. The van der Waals surface area contributed by atoms with Crippen molar-refractivity contribution in [2.45, 2.75) is 51.1 Å². The van der Waals surface area contributed by atoms with Crippen LogP contribution in [0.4, 0.5) is 8.78 Å². The molecule has 0 amide bonds. The monoisotopic (exact) mass is 291 g/mol. The van der Waals surface area contributed by atoms with Gasteiger partial charge in [0.1, 0.15) is 0 Å². The lowest BCUT2D eigenvalue weighted by atomic mass is 9.54. The maximum atomic E-state index is 13.4. The SMILES string of the molecule is CC(NC1C2CC3CC(C2)CC1C3)c1ccc(F)c(F)c1. The summed E-state index contributed by atoms with van der Waals surface area (Å²) >= 11 is 0. The van der Waals surface area contributed by atoms with Gasteiger partial charge >= 0.3 is 0 Å². The van der Waals surface area contributed by atoms with Crippen molar-refractivity contribution in [2.75, 3.05) is 0 Å². The Balaban J connectivity index is 1.49. The Kier molecular flexibility index (Phi) is 3.29. The van der Waals surface area contributed by atoms with Crippen LogP contribution in [0.25, 0.3) is 0 Å². The van der Waals surface area contributed by atoms with Gasteiger partial charge in [-0.25, -0.2) is 8.78 Å². The molecular formula is C18H23F2N. The minimum atomic E-state index is -0.763. The highest BCUT2D eigenvalue weighted by atomic mass is 19.2. The van der Waals surface area contributed by atoms with Crippen molar-refractivity contribution in [1.82, 2.24) is 5.32 Å². The van der Waals surface area contributed by atoms with Gasteiger partial charge in [-0.2, -0.15) is 0 Å². The third-order valence-corrected chi connectivity index (χ3v) is 6.11. The van der Waals surface area contributed by atoms with E-state index in [2.05, 4.69) is 12.2 Å². The van der Waals surface area contributed by atoms with E-state index in [1.165, 1.54) is 44.2 Å². The highest BCUT2D eigenvalue weighted by Crippen LogP contribution is 2.54. The second-order valence-electron chi connectivity index (χ2n) is 7.52. The molecule has 0 aliphatic heterocycles. The first kappa shape index (κ1) is 13.7. The Bertz CT molecular complexity index is 514. The number of hydrogen-bond acceptors (Lipinski definition) is 1. The molecule has 114 valence electrons. The average Bonchev–Trinajstić information content (AvgIpc) is 2.45. The molecule has 1 aromatic carbocycles. The first-order valence-corrected chi connectivity index (χ1v) is 8.31. The van der Waals surface area contributed by atoms with Gasteiger partial charge in [0.2, 0.25) is 0 Å². The van der Waals surface area contributed by atoms with Gasteiger partial charge in [-0.3, -0.25) is 0 Å². The molecule has 1 N–H and O–H groups in total. The molecule has 21 heavy (non-hydrogen) atoms. The lowest BCUT2D eigenvalue weighted by Gasteiger charge is -2.55. The third-order valence-electron chi connectivity index (χ3n) is 6.11. The molecule has 4 saturated carbocycles. The molecule has 0 aromatic heterocycles. The molecule has 1 atom stereocenters. The lowest BCUT2D eigenvalue weighted by molar-refractivity contribution is -0.0171. The molecule has 0 heterocycles. The summed E-state index contributed by atoms with van der Waals surface area (Å²) in [6.45, 7) is 2.07. The van der Waals surface area contributed by atoms with E-state index in [4.69, 9.17) is 0 Å². The van der Waals surface area contributed by atoms with Crippen molar-refractivity contribution in [3.05, 3.63) is 35.4 Å². The van der Waals surface area contributed by atoms with Gasteiger partial charge in [0.05, 0.1) is 0 Å². The van der Waals surface area contributed by atoms with Crippen LogP contribution in [0.15, 0.2) is 18.2 Å². The number of rotatable bonds is 3. The van der Waals surface area contributed by atoms with E-state index < -0.39 is 11.6 Å². The van der Waals surface area contributed by atoms with Crippen LogP contribution in [0.1, 0.15) is 50.6 Å². The number of nitrogens with one attached hydrogen (secondary N) is 1. The summed E-state index contributed by atoms with van der Waals surface area (Å²) in [6, 6.07) is 4.93. The number of halogens is 2. The fourth-order valence-corrected chi connectivity index (χ4v) is 5.36. The third kappa shape index (κ3) is 2.40. The fourth-order valence-electron chi connectivity index (χ4n) is 5.36. The predicted molar refractivity (Wildman–Crippen MR) is 78.7 cm³/mol. The molecule has 0 spiro atoms. The van der Waals surface area contributed by atoms with Gasteiger partial charge in [-0.1, -0.05) is 6.07 Å². The smallest absolute Gasteiger partial charge is 0.159 e. The summed E-state index contributed by atoms with van der Waals surface area (Å²) in [5.74, 6) is 2.02. The van der Waals surface area contributed by atoms with Gasteiger partial charge in [-0.05, 0) is 80.4 Å². The number of benzene rings is 1. The van der Waals surface area contributed by atoms with Crippen molar-refractivity contribution in [3.8, 4) is 0 Å². The number of hydrogen-bond donors (Lipinski definition) is 1. The molecule has 0 saturated heterocycles. The second kappa shape index (κ2) is 5.05. The second-order valence-corrected chi connectivity index (χ2v) is 7.52. The van der Waals surface area contributed by atoms with Crippen molar-refractivity contribution in [2.24, 2.45) is 23.7 Å². The highest BCUT2D eigenvalue weighted by molar-refractivity contribution is 5.21. The van der Waals surface area contributed by atoms with E-state index in [0.717, 1.165) is 29.2 Å². The molecule has 3 heteroatoms. The van der Waals surface area contributed by atoms with E-state index in [1.807, 2.05) is 0 Å². The predicted octanol–water partition coefficient (Wildman–Crippen LogP) is 4.44. The molecule has 5 rings (SSSR count). The minimum absolute atomic E-state index is 0.0858. The van der Waals surface area contributed by atoms with E-state index in [-0.39, 0.29) is 6.04 Å². The lowest BCUT2D eigenvalue weighted by Crippen LogP contribution is -2.54. The molecule has 4 aliphatic rings. The topological polar surface area (TPSA) is 12.0 Å². The minimum Gasteiger partial charge on any atom is -0.307 e. The first-order valence-electron chi connectivity index (χ1n) is 8.31. The van der Waals surface area contributed by atoms with Gasteiger partial charge < -0.3 is 5.32 Å². The molecule has 4 aliphatic carbocycles. The summed E-state index contributed by atoms with van der Waals surface area (Å²) in [7, 11) is 0. The van der Waals surface area contributed by atoms with Crippen LogP contribution in [0.5, 0.6) is 0 Å². The molecule has 1 aromatic rings. The van der Waals surface area contributed by atoms with Gasteiger partial charge in [0.15, 0.2) is 11.6 Å². The van der Waals surface area contributed by atoms with E-state index in [0.29, 0.717) is 6.04 Å². The first-order chi connectivity index (χ1) is 10.1. The summed E-state index contributed by atoms with van der Waals surface area (Å²) in [5.41, 5.74) is 0.850. The van der Waals surface area contributed by atoms with Crippen molar-refractivity contribution in [1.29, 1.82) is 0 Å².